The Kier molecular flexibility index (Phi) is 5.03. The number of benzene rings is 2. The Hall–Kier alpha value is -2.51. The van der Waals surface area contributed by atoms with Crippen molar-refractivity contribution < 1.29 is 19.1 Å². The van der Waals surface area contributed by atoms with Crippen molar-refractivity contribution in [2.24, 2.45) is 0 Å². The zero-order valence-electron chi connectivity index (χ0n) is 14.8. The summed E-state index contributed by atoms with van der Waals surface area (Å²) in [7, 11) is 0. The second-order valence-corrected chi connectivity index (χ2v) is 8.25. The largest absolute Gasteiger partial charge is 0.453 e. The molecule has 1 unspecified atom stereocenters. The maximum absolute atomic E-state index is 12.9. The molecule has 0 aromatic heterocycles. The van der Waals surface area contributed by atoms with Gasteiger partial charge in [0.05, 0.1) is 5.69 Å². The molecule has 2 aromatic carbocycles. The van der Waals surface area contributed by atoms with Gasteiger partial charge in [0.25, 0.3) is 5.91 Å². The van der Waals surface area contributed by atoms with Crippen molar-refractivity contribution in [1.82, 2.24) is 5.32 Å². The predicted octanol–water partition coefficient (Wildman–Crippen LogP) is 3.13. The third-order valence-corrected chi connectivity index (χ3v) is 6.59. The Balaban J connectivity index is 1.39. The monoisotopic (exact) mass is 416 g/mol. The molecule has 0 spiro atoms. The number of nitrogens with one attached hydrogen (secondary N) is 1. The molecule has 2 amide bonds. The van der Waals surface area contributed by atoms with Gasteiger partial charge >= 0.3 is 5.97 Å². The number of carbonyl (C=O) groups is 3. The minimum absolute atomic E-state index is 0.113. The zero-order valence-corrected chi connectivity index (χ0v) is 16.4. The van der Waals surface area contributed by atoms with E-state index in [2.05, 4.69) is 5.32 Å². The fraction of sp³-hybridized carbons (Fsp3) is 0.250. The van der Waals surface area contributed by atoms with Gasteiger partial charge in [-0.05, 0) is 23.8 Å². The van der Waals surface area contributed by atoms with Gasteiger partial charge in [-0.25, -0.2) is 4.79 Å². The van der Waals surface area contributed by atoms with Crippen LogP contribution in [0.4, 0.5) is 5.69 Å². The number of carbonyl (C=O) groups excluding carboxylic acids is 3. The molecule has 2 aliphatic rings. The van der Waals surface area contributed by atoms with Gasteiger partial charge in [0.2, 0.25) is 5.91 Å². The highest BCUT2D eigenvalue weighted by Gasteiger charge is 2.58. The molecule has 2 aliphatic heterocycles. The van der Waals surface area contributed by atoms with E-state index in [1.54, 1.807) is 12.1 Å². The number of fused-ring (bicyclic) bond motifs is 3. The molecule has 0 radical (unpaired) electrons. The van der Waals surface area contributed by atoms with Crippen molar-refractivity contribution in [3.05, 3.63) is 59.1 Å². The van der Waals surface area contributed by atoms with Crippen LogP contribution >= 0.6 is 23.4 Å². The van der Waals surface area contributed by atoms with Crippen molar-refractivity contribution in [2.75, 3.05) is 11.5 Å². The van der Waals surface area contributed by atoms with Gasteiger partial charge in [-0.1, -0.05) is 53.7 Å². The second kappa shape index (κ2) is 7.48. The Morgan fingerprint density at radius 3 is 2.75 bits per heavy atom. The second-order valence-electron chi connectivity index (χ2n) is 6.53. The molecule has 8 heteroatoms. The van der Waals surface area contributed by atoms with Crippen molar-refractivity contribution in [2.45, 2.75) is 29.2 Å². The third-order valence-electron chi connectivity index (χ3n) is 4.76. The first-order valence-electron chi connectivity index (χ1n) is 8.80. The van der Waals surface area contributed by atoms with Crippen LogP contribution in [0, 0.1) is 0 Å². The first kappa shape index (κ1) is 18.8. The van der Waals surface area contributed by atoms with E-state index < -0.39 is 23.4 Å². The van der Waals surface area contributed by atoms with Crippen LogP contribution in [0.5, 0.6) is 0 Å². The summed E-state index contributed by atoms with van der Waals surface area (Å²) in [5.74, 6) is -1.12. The van der Waals surface area contributed by atoms with Crippen LogP contribution in [0.25, 0.3) is 0 Å². The molecular formula is C20H17ClN2O4S. The van der Waals surface area contributed by atoms with E-state index in [1.807, 2.05) is 36.4 Å². The van der Waals surface area contributed by atoms with Gasteiger partial charge < -0.3 is 10.1 Å². The minimum atomic E-state index is -1.12. The number of anilines is 1. The molecule has 0 aliphatic carbocycles. The summed E-state index contributed by atoms with van der Waals surface area (Å²) >= 11 is 7.37. The number of thioether (sulfide) groups is 1. The predicted molar refractivity (Wildman–Crippen MR) is 106 cm³/mol. The smallest absolute Gasteiger partial charge is 0.344 e. The number of ether oxygens (including phenoxy) is 1. The van der Waals surface area contributed by atoms with Crippen molar-refractivity contribution in [3.8, 4) is 0 Å². The molecule has 144 valence electrons. The summed E-state index contributed by atoms with van der Waals surface area (Å²) in [6, 6.07) is 14.6. The summed E-state index contributed by atoms with van der Waals surface area (Å²) < 4.78 is 5.29. The highest BCUT2D eigenvalue weighted by Crippen LogP contribution is 2.56. The van der Waals surface area contributed by atoms with E-state index in [4.69, 9.17) is 16.3 Å². The van der Waals surface area contributed by atoms with E-state index >= 15 is 0 Å². The summed E-state index contributed by atoms with van der Waals surface area (Å²) in [6.07, 6.45) is 0.625. The lowest BCUT2D eigenvalue weighted by Gasteiger charge is -2.28. The van der Waals surface area contributed by atoms with E-state index in [0.717, 1.165) is 16.1 Å². The SMILES string of the molecule is O=C(COC(=O)C12CCC(=O)N1c1ccccc1S2)NCc1ccccc1Cl. The molecule has 4 rings (SSSR count). The number of amides is 2. The van der Waals surface area contributed by atoms with E-state index in [9.17, 15) is 14.4 Å². The molecule has 1 atom stereocenters. The Labute approximate surface area is 171 Å². The van der Waals surface area contributed by atoms with Gasteiger partial charge in [0.1, 0.15) is 0 Å². The van der Waals surface area contributed by atoms with Crippen LogP contribution in [-0.4, -0.2) is 29.3 Å². The highest BCUT2D eigenvalue weighted by molar-refractivity contribution is 8.02. The normalized spacial score (nSPS) is 19.9. The van der Waals surface area contributed by atoms with E-state index in [-0.39, 0.29) is 18.9 Å². The van der Waals surface area contributed by atoms with Gasteiger partial charge in [0.15, 0.2) is 11.5 Å². The van der Waals surface area contributed by atoms with Gasteiger partial charge in [-0.2, -0.15) is 0 Å². The molecular weight excluding hydrogens is 400 g/mol. The molecule has 1 fully saturated rings. The van der Waals surface area contributed by atoms with E-state index in [1.165, 1.54) is 16.7 Å². The molecule has 2 heterocycles. The number of halogens is 1. The number of hydrogen-bond acceptors (Lipinski definition) is 5. The Morgan fingerprint density at radius 2 is 1.93 bits per heavy atom. The number of rotatable bonds is 5. The Bertz CT molecular complexity index is 967. The fourth-order valence-corrected chi connectivity index (χ4v) is 5.02. The lowest BCUT2D eigenvalue weighted by molar-refractivity contribution is -0.151. The van der Waals surface area contributed by atoms with Crippen molar-refractivity contribution >= 4 is 46.8 Å². The Morgan fingerprint density at radius 1 is 1.18 bits per heavy atom. The average Bonchev–Trinajstić information content (AvgIpc) is 3.21. The first-order chi connectivity index (χ1) is 13.5. The topological polar surface area (TPSA) is 75.7 Å². The third kappa shape index (κ3) is 3.25. The quantitative estimate of drug-likeness (QED) is 0.758. The van der Waals surface area contributed by atoms with Gasteiger partial charge in [0, 0.05) is 29.3 Å². The van der Waals surface area contributed by atoms with Crippen molar-refractivity contribution in [3.63, 3.8) is 0 Å². The van der Waals surface area contributed by atoms with Crippen molar-refractivity contribution in [1.29, 1.82) is 0 Å². The molecule has 0 bridgehead atoms. The highest BCUT2D eigenvalue weighted by atomic mass is 35.5. The molecule has 28 heavy (non-hydrogen) atoms. The van der Waals surface area contributed by atoms with Crippen LogP contribution in [-0.2, 0) is 25.7 Å². The van der Waals surface area contributed by atoms with Crippen LogP contribution in [0.3, 0.4) is 0 Å². The maximum Gasteiger partial charge on any atom is 0.344 e. The van der Waals surface area contributed by atoms with Gasteiger partial charge in [-0.3, -0.25) is 14.5 Å². The number of hydrogen-bond donors (Lipinski definition) is 1. The minimum Gasteiger partial charge on any atom is -0.453 e. The van der Waals surface area contributed by atoms with Crippen LogP contribution in [0.2, 0.25) is 5.02 Å². The number of esters is 1. The maximum atomic E-state index is 12.9. The molecule has 1 saturated heterocycles. The summed E-state index contributed by atoms with van der Waals surface area (Å²) in [5.41, 5.74) is 1.49. The molecule has 6 nitrogen and oxygen atoms in total. The van der Waals surface area contributed by atoms with Crippen LogP contribution < -0.4 is 10.2 Å². The molecule has 1 N–H and O–H groups in total. The lowest BCUT2D eigenvalue weighted by atomic mass is 10.2. The number of para-hydroxylation sites is 1. The fourth-order valence-electron chi connectivity index (χ4n) is 3.40. The molecule has 0 saturated carbocycles. The lowest BCUT2D eigenvalue weighted by Crippen LogP contribution is -2.48. The number of nitrogens with zero attached hydrogens (tertiary/aromatic N) is 1. The van der Waals surface area contributed by atoms with Crippen LogP contribution in [0.15, 0.2) is 53.4 Å². The summed E-state index contributed by atoms with van der Waals surface area (Å²) in [6.45, 7) is -0.171. The van der Waals surface area contributed by atoms with Crippen LogP contribution in [0.1, 0.15) is 18.4 Å². The first-order valence-corrected chi connectivity index (χ1v) is 9.99. The van der Waals surface area contributed by atoms with Gasteiger partial charge in [-0.15, -0.1) is 0 Å². The van der Waals surface area contributed by atoms with E-state index in [0.29, 0.717) is 11.4 Å². The summed E-state index contributed by atoms with van der Waals surface area (Å²) in [5, 5.41) is 3.24. The average molecular weight is 417 g/mol. The summed E-state index contributed by atoms with van der Waals surface area (Å²) in [4.78, 5) is 38.6. The zero-order chi connectivity index (χ0) is 19.7. The molecule has 2 aromatic rings. The standard InChI is InChI=1S/C20H17ClN2O4S/c21-14-6-2-1-5-13(14)11-22-17(24)12-27-19(26)20-10-9-18(25)23(20)15-7-3-4-8-16(15)28-20/h1-8H,9-12H2,(H,22,24).